The summed E-state index contributed by atoms with van der Waals surface area (Å²) in [4.78, 5) is 0. The van der Waals surface area contributed by atoms with E-state index in [1.807, 2.05) is 0 Å². The molecule has 4 radical (unpaired) electrons. The SMILES string of the molecule is C[Si](C)(C)[As][Si](C)(C)C.C[Si](C)(C)[As][Si](C)(C)C.[CH3][Al][CH3].[CH3][Al][CH3]. The molecule has 0 aliphatic carbocycles. The van der Waals surface area contributed by atoms with Crippen molar-refractivity contribution in [1.82, 2.24) is 0 Å². The summed E-state index contributed by atoms with van der Waals surface area (Å²) in [5.41, 5.74) is 0. The second-order valence-corrected chi connectivity index (χ2v) is 73.7. The molecule has 0 aromatic heterocycles. The van der Waals surface area contributed by atoms with Gasteiger partial charge in [0.15, 0.2) is 30.4 Å². The molecule has 0 aliphatic heterocycles. The Morgan fingerprint density at radius 3 is 0.458 bits per heavy atom. The number of hydrogen-bond acceptors (Lipinski definition) is 0. The summed E-state index contributed by atoms with van der Waals surface area (Å²) in [5.74, 6) is 8.83. The molecular weight excluding hydrogens is 508 g/mol. The van der Waals surface area contributed by atoms with Crippen LogP contribution in [-0.4, -0.2) is 85.5 Å². The molecule has 0 saturated carbocycles. The number of rotatable bonds is 4. The topological polar surface area (TPSA) is 0 Å². The summed E-state index contributed by atoms with van der Waals surface area (Å²) in [7, 11) is 0. The fourth-order valence-electron chi connectivity index (χ4n) is 2.01. The van der Waals surface area contributed by atoms with Crippen LogP contribution in [0.1, 0.15) is 0 Å². The van der Waals surface area contributed by atoms with Crippen LogP contribution in [0, 0.1) is 0 Å². The van der Waals surface area contributed by atoms with Gasteiger partial charge in [-0.15, -0.1) is 23.1 Å². The summed E-state index contributed by atoms with van der Waals surface area (Å²) in [6.45, 7) is 27.5. The normalized spacial score (nSPS) is 11.7. The third-order valence-electron chi connectivity index (χ3n) is 1.34. The summed E-state index contributed by atoms with van der Waals surface area (Å²) >= 11 is 3.01. The van der Waals surface area contributed by atoms with Crippen molar-refractivity contribution in [3.63, 3.8) is 0 Å². The van der Waals surface area contributed by atoms with E-state index in [2.05, 4.69) is 102 Å². The Morgan fingerprint density at radius 1 is 0.375 bits per heavy atom. The molecule has 24 heavy (non-hydrogen) atoms. The molecule has 0 spiro atoms. The smallest absolute Gasteiger partial charge is 0.115 e. The maximum Gasteiger partial charge on any atom is 0.191 e. The van der Waals surface area contributed by atoms with Gasteiger partial charge < -0.3 is 0 Å². The Kier molecular flexibility index (Phi) is 24.4. The molecule has 0 fully saturated rings. The predicted octanol–water partition coefficient (Wildman–Crippen LogP) is 6.29. The Balaban J connectivity index is -0.000000126. The monoisotopic (exact) mass is 556 g/mol. The Labute approximate surface area is 185 Å². The van der Waals surface area contributed by atoms with Crippen molar-refractivity contribution in [2.24, 2.45) is 0 Å². The van der Waals surface area contributed by atoms with E-state index in [0.717, 1.165) is 59.3 Å². The minimum absolute atomic E-state index is 0.637. The average molecular weight is 557 g/mol. The maximum atomic E-state index is 2.51. The minimum atomic E-state index is -0.637. The van der Waals surface area contributed by atoms with E-state index < -0.39 is 26.2 Å². The van der Waals surface area contributed by atoms with Gasteiger partial charge in [0.25, 0.3) is 0 Å². The predicted molar refractivity (Wildman–Crippen MR) is 140 cm³/mol. The molecule has 0 aromatic carbocycles. The largest absolute Gasteiger partial charge is 0.191 e. The van der Waals surface area contributed by atoms with Crippen LogP contribution in [0.2, 0.25) is 102 Å². The summed E-state index contributed by atoms with van der Waals surface area (Å²) in [5, 5.41) is 0. The molecule has 0 amide bonds. The van der Waals surface area contributed by atoms with Crippen LogP contribution in [0.3, 0.4) is 0 Å². The van der Waals surface area contributed by atoms with Gasteiger partial charge in [0.2, 0.25) is 0 Å². The molecule has 0 N–H and O–H groups in total. The maximum absolute atomic E-state index is 2.51. The van der Waals surface area contributed by atoms with Crippen LogP contribution in [-0.2, 0) is 0 Å². The first-order chi connectivity index (χ1) is 10.2. The van der Waals surface area contributed by atoms with Crippen LogP contribution in [0.25, 0.3) is 0 Å². The van der Waals surface area contributed by atoms with Crippen molar-refractivity contribution in [1.29, 1.82) is 0 Å². The fraction of sp³-hybridized carbons (Fsp3) is 1.00. The summed E-state index contributed by atoms with van der Waals surface area (Å²) < 4.78 is 0. The molecule has 0 heterocycles. The molecule has 144 valence electrons. The zero-order valence-corrected chi connectivity index (χ0v) is 30.1. The minimum Gasteiger partial charge on any atom is -0.115 e. The molecule has 8 heteroatoms. The van der Waals surface area contributed by atoms with Gasteiger partial charge in [-0.2, -0.15) is 0 Å². The fourth-order valence-corrected chi connectivity index (χ4v) is 94.1. The molecule has 0 nitrogen and oxygen atoms in total. The van der Waals surface area contributed by atoms with Crippen LogP contribution in [0.4, 0.5) is 0 Å². The van der Waals surface area contributed by atoms with Crippen molar-refractivity contribution in [3.8, 4) is 0 Å². The van der Waals surface area contributed by atoms with E-state index in [9.17, 15) is 0 Å². The first-order valence-electron chi connectivity index (χ1n) is 9.20. The molecule has 0 atom stereocenters. The van der Waals surface area contributed by atoms with Gasteiger partial charge in [-0.3, -0.25) is 0 Å². The van der Waals surface area contributed by atoms with Gasteiger partial charge in [0.1, 0.15) is 0 Å². The Morgan fingerprint density at radius 2 is 0.458 bits per heavy atom. The molecule has 0 unspecified atom stereocenters. The van der Waals surface area contributed by atoms with Crippen molar-refractivity contribution in [2.75, 3.05) is 0 Å². The molecule has 0 aromatic rings. The van der Waals surface area contributed by atoms with Gasteiger partial charge in [-0.1, -0.05) is 0 Å². The first-order valence-corrected chi connectivity index (χ1v) is 38.9. The van der Waals surface area contributed by atoms with E-state index in [1.54, 1.807) is 0 Å². The van der Waals surface area contributed by atoms with E-state index in [-0.39, 0.29) is 0 Å². The van der Waals surface area contributed by atoms with E-state index in [4.69, 9.17) is 0 Å². The second kappa shape index (κ2) is 17.0. The molecule has 0 aliphatic rings. The summed E-state index contributed by atoms with van der Waals surface area (Å²) in [6.07, 6.45) is 0. The Bertz CT molecular complexity index is 213. The van der Waals surface area contributed by atoms with Gasteiger partial charge in [-0.05, 0) is 0 Å². The van der Waals surface area contributed by atoms with Crippen LogP contribution >= 0.6 is 0 Å². The quantitative estimate of drug-likeness (QED) is 0.357. The zero-order valence-electron chi connectivity index (χ0n) is 20.0. The third kappa shape index (κ3) is 64.0. The first kappa shape index (κ1) is 34.5. The second-order valence-electron chi connectivity index (χ2n) is 10.1. The molecule has 0 rings (SSSR count). The Hall–Kier alpha value is 3.05. The van der Waals surface area contributed by atoms with E-state index >= 15 is 0 Å². The van der Waals surface area contributed by atoms with Gasteiger partial charge >= 0.3 is 134 Å². The van der Waals surface area contributed by atoms with Crippen molar-refractivity contribution in [2.45, 2.75) is 102 Å². The standard InChI is InChI=1S/2C6H18AsSi2.4CH3.2Al/c2*1-8(2,3)7-9(4,5)6;;;;;;/h2*1-6H3;4*1H3;;. The van der Waals surface area contributed by atoms with E-state index in [1.165, 1.54) is 0 Å². The molecule has 0 bridgehead atoms. The van der Waals surface area contributed by atoms with E-state index in [0.29, 0.717) is 0 Å². The number of hydrogen-bond donors (Lipinski definition) is 0. The summed E-state index contributed by atoms with van der Waals surface area (Å²) in [6, 6.07) is 0. The van der Waals surface area contributed by atoms with Gasteiger partial charge in [0, 0.05) is 0 Å². The van der Waals surface area contributed by atoms with Crippen molar-refractivity contribution in [3.05, 3.63) is 0 Å². The molecule has 0 saturated heterocycles. The van der Waals surface area contributed by atoms with Crippen LogP contribution in [0.15, 0.2) is 0 Å². The van der Waals surface area contributed by atoms with Crippen molar-refractivity contribution < 1.29 is 0 Å². The zero-order chi connectivity index (χ0) is 20.8. The average Bonchev–Trinajstić information content (AvgIpc) is 2.06. The molecular formula is C16H48Al2As2Si4. The third-order valence-corrected chi connectivity index (χ3v) is 62.7. The van der Waals surface area contributed by atoms with Crippen LogP contribution in [0.5, 0.6) is 0 Å². The van der Waals surface area contributed by atoms with Gasteiger partial charge in [0.05, 0.1) is 0 Å². The van der Waals surface area contributed by atoms with Crippen molar-refractivity contribution >= 4 is 85.5 Å². The van der Waals surface area contributed by atoms with Gasteiger partial charge in [-0.25, -0.2) is 0 Å². The van der Waals surface area contributed by atoms with Crippen LogP contribution < -0.4 is 0 Å².